The highest BCUT2D eigenvalue weighted by Gasteiger charge is 2.70. The van der Waals surface area contributed by atoms with Crippen molar-refractivity contribution in [3.63, 3.8) is 0 Å². The van der Waals surface area contributed by atoms with Gasteiger partial charge in [-0.05, 0) is 139 Å². The van der Waals surface area contributed by atoms with Crippen molar-refractivity contribution in [2.75, 3.05) is 13.2 Å². The third kappa shape index (κ3) is 4.03. The minimum absolute atomic E-state index is 0.0310. The molecule has 4 fully saturated rings. The van der Waals surface area contributed by atoms with Gasteiger partial charge in [0, 0.05) is 12.1 Å². The highest BCUT2D eigenvalue weighted by atomic mass is 16.4. The van der Waals surface area contributed by atoms with E-state index in [0.717, 1.165) is 6.42 Å². The molecule has 0 saturated heterocycles. The molecule has 230 valence electrons. The molecule has 3 N–H and O–H groups in total. The lowest BCUT2D eigenvalue weighted by Crippen LogP contribution is -2.68. The van der Waals surface area contributed by atoms with Gasteiger partial charge in [0.2, 0.25) is 0 Å². The van der Waals surface area contributed by atoms with Gasteiger partial charge < -0.3 is 15.5 Å². The number of carbonyl (C=O) groups is 1. The first-order valence-electron chi connectivity index (χ1n) is 16.8. The maximum absolute atomic E-state index is 11.5. The molecule has 4 saturated carbocycles. The first kappa shape index (κ1) is 30.1. The maximum Gasteiger partial charge on any atom is 0.335 e. The molecule has 1 aromatic carbocycles. The quantitative estimate of drug-likeness (QED) is 0.299. The molecular weight excluding hydrogens is 518 g/mol. The van der Waals surface area contributed by atoms with Gasteiger partial charge in [-0.2, -0.15) is 0 Å². The Morgan fingerprint density at radius 1 is 0.929 bits per heavy atom. The number of benzene rings is 1. The van der Waals surface area contributed by atoms with Crippen LogP contribution in [0, 0.1) is 51.2 Å². The summed E-state index contributed by atoms with van der Waals surface area (Å²) >= 11 is 0. The number of aliphatic hydroxyl groups excluding tert-OH is 1. The summed E-state index contributed by atoms with van der Waals surface area (Å²) in [5.41, 5.74) is 5.35. The third-order valence-corrected chi connectivity index (χ3v) is 14.7. The average molecular weight is 574 g/mol. The number of nitrogens with one attached hydrogen (secondary N) is 1. The Balaban J connectivity index is 1.35. The highest BCUT2D eigenvalue weighted by molar-refractivity contribution is 5.88. The predicted octanol–water partition coefficient (Wildman–Crippen LogP) is 8.37. The molecule has 4 heteroatoms. The van der Waals surface area contributed by atoms with Crippen LogP contribution >= 0.6 is 0 Å². The fraction of sp³-hybridized carbons (Fsp3) is 0.711. The van der Waals surface area contributed by atoms with E-state index in [9.17, 15) is 15.0 Å². The summed E-state index contributed by atoms with van der Waals surface area (Å²) in [6, 6.07) is 7.58. The van der Waals surface area contributed by atoms with E-state index < -0.39 is 5.97 Å². The molecule has 0 spiro atoms. The Labute approximate surface area is 254 Å². The monoisotopic (exact) mass is 573 g/mol. The molecule has 0 amide bonds. The van der Waals surface area contributed by atoms with E-state index in [1.807, 2.05) is 12.1 Å². The van der Waals surface area contributed by atoms with E-state index in [4.69, 9.17) is 0 Å². The summed E-state index contributed by atoms with van der Waals surface area (Å²) in [6.07, 6.45) is 13.8. The topological polar surface area (TPSA) is 69.6 Å². The number of aliphatic hydroxyl groups is 1. The van der Waals surface area contributed by atoms with Gasteiger partial charge in [-0.25, -0.2) is 4.79 Å². The smallest absolute Gasteiger partial charge is 0.335 e. The predicted molar refractivity (Wildman–Crippen MR) is 171 cm³/mol. The molecule has 0 aromatic heterocycles. The van der Waals surface area contributed by atoms with Gasteiger partial charge in [0.1, 0.15) is 0 Å². The first-order valence-corrected chi connectivity index (χ1v) is 16.8. The van der Waals surface area contributed by atoms with Crippen LogP contribution in [0.5, 0.6) is 0 Å². The van der Waals surface area contributed by atoms with Crippen LogP contribution in [0.1, 0.15) is 115 Å². The fourth-order valence-electron chi connectivity index (χ4n) is 12.6. The Hall–Kier alpha value is -1.91. The largest absolute Gasteiger partial charge is 0.478 e. The van der Waals surface area contributed by atoms with Crippen LogP contribution < -0.4 is 5.32 Å². The van der Waals surface area contributed by atoms with Gasteiger partial charge in [0.15, 0.2) is 0 Å². The van der Waals surface area contributed by atoms with Crippen LogP contribution in [0.3, 0.4) is 0 Å². The van der Waals surface area contributed by atoms with Gasteiger partial charge in [-0.15, -0.1) is 0 Å². The molecule has 5 aliphatic carbocycles. The van der Waals surface area contributed by atoms with E-state index >= 15 is 0 Å². The Morgan fingerprint density at radius 3 is 2.29 bits per heavy atom. The maximum atomic E-state index is 11.5. The van der Waals surface area contributed by atoms with Crippen LogP contribution in [0.15, 0.2) is 42.5 Å². The third-order valence-electron chi connectivity index (χ3n) is 14.7. The van der Waals surface area contributed by atoms with E-state index in [-0.39, 0.29) is 23.0 Å². The highest BCUT2D eigenvalue weighted by Crippen LogP contribution is 2.76. The SMILES string of the molecule is C=C(C)C1CCC2(NCCO)CCC3(C)C(CCC4C5(C)CC=C(c6ccc(C(=O)O)cc6)C(C)(C)C5CCC43C)C12. The standard InChI is InChI=1S/C38H55NO3/c1-24(2)27-14-19-38(39-22-23-40)21-20-36(6)29(32(27)38)12-13-31-35(5)17-15-28(25-8-10-26(11-9-25)33(41)42)34(3,4)30(35)16-18-37(31,36)7/h8-11,15,27,29-32,39-40H,1,12-14,16-23H2,2-7H3,(H,41,42). The van der Waals surface area contributed by atoms with Crippen LogP contribution in [-0.2, 0) is 0 Å². The molecular formula is C38H55NO3. The lowest BCUT2D eigenvalue weighted by atomic mass is 9.33. The summed E-state index contributed by atoms with van der Waals surface area (Å²) in [5.74, 6) is 2.33. The molecule has 5 aliphatic rings. The zero-order valence-electron chi connectivity index (χ0n) is 27.1. The zero-order valence-corrected chi connectivity index (χ0v) is 27.1. The average Bonchev–Trinajstić information content (AvgIpc) is 3.32. The molecule has 42 heavy (non-hydrogen) atoms. The van der Waals surface area contributed by atoms with Crippen molar-refractivity contribution < 1.29 is 15.0 Å². The summed E-state index contributed by atoms with van der Waals surface area (Å²) in [7, 11) is 0. The van der Waals surface area contributed by atoms with Gasteiger partial charge in [-0.1, -0.05) is 65.0 Å². The number of aromatic carboxylic acids is 1. The molecule has 0 heterocycles. The van der Waals surface area contributed by atoms with E-state index in [1.165, 1.54) is 68.1 Å². The number of β-amino-alcohol motifs (C(OH)–C–C–N with tert-alkyl or cyclic N) is 1. The number of carboxylic acids is 1. The van der Waals surface area contributed by atoms with Crippen molar-refractivity contribution in [1.82, 2.24) is 5.32 Å². The van der Waals surface area contributed by atoms with Crippen molar-refractivity contribution in [1.29, 1.82) is 0 Å². The Morgan fingerprint density at radius 2 is 1.64 bits per heavy atom. The molecule has 9 atom stereocenters. The molecule has 0 radical (unpaired) electrons. The number of fused-ring (bicyclic) bond motifs is 7. The molecule has 1 aromatic rings. The van der Waals surface area contributed by atoms with Crippen molar-refractivity contribution >= 4 is 11.5 Å². The minimum Gasteiger partial charge on any atom is -0.478 e. The first-order chi connectivity index (χ1) is 19.7. The second-order valence-electron chi connectivity index (χ2n) is 16.4. The molecule has 4 nitrogen and oxygen atoms in total. The lowest BCUT2D eigenvalue weighted by Gasteiger charge is -2.72. The summed E-state index contributed by atoms with van der Waals surface area (Å²) < 4.78 is 0. The van der Waals surface area contributed by atoms with Crippen LogP contribution in [-0.4, -0.2) is 34.9 Å². The fourth-order valence-corrected chi connectivity index (χ4v) is 12.6. The van der Waals surface area contributed by atoms with Crippen LogP contribution in [0.25, 0.3) is 5.57 Å². The number of carboxylic acid groups (broad SMARTS) is 1. The Kier molecular flexibility index (Phi) is 7.22. The van der Waals surface area contributed by atoms with Gasteiger partial charge in [0.05, 0.1) is 12.2 Å². The summed E-state index contributed by atoms with van der Waals surface area (Å²) in [6.45, 7) is 20.6. The molecule has 0 aliphatic heterocycles. The van der Waals surface area contributed by atoms with Gasteiger partial charge in [-0.3, -0.25) is 0 Å². The number of rotatable bonds is 6. The van der Waals surface area contributed by atoms with E-state index in [1.54, 1.807) is 12.1 Å². The minimum atomic E-state index is -0.863. The number of hydrogen-bond acceptors (Lipinski definition) is 3. The number of allylic oxidation sites excluding steroid dienone is 3. The second-order valence-corrected chi connectivity index (χ2v) is 16.4. The number of hydrogen-bond donors (Lipinski definition) is 3. The van der Waals surface area contributed by atoms with E-state index in [0.29, 0.717) is 52.5 Å². The molecule has 6 rings (SSSR count). The van der Waals surface area contributed by atoms with Crippen molar-refractivity contribution in [2.24, 2.45) is 51.2 Å². The zero-order chi connectivity index (χ0) is 30.3. The van der Waals surface area contributed by atoms with Crippen molar-refractivity contribution in [3.05, 3.63) is 53.6 Å². The van der Waals surface area contributed by atoms with Crippen molar-refractivity contribution in [2.45, 2.75) is 105 Å². The molecule has 0 bridgehead atoms. The Bertz CT molecular complexity index is 1280. The summed E-state index contributed by atoms with van der Waals surface area (Å²) in [4.78, 5) is 11.5. The summed E-state index contributed by atoms with van der Waals surface area (Å²) in [5, 5.41) is 23.1. The van der Waals surface area contributed by atoms with Crippen molar-refractivity contribution in [3.8, 4) is 0 Å². The molecule has 9 unspecified atom stereocenters. The second kappa shape index (κ2) is 10.1. The van der Waals surface area contributed by atoms with E-state index in [2.05, 4.69) is 59.5 Å². The van der Waals surface area contributed by atoms with Gasteiger partial charge >= 0.3 is 5.97 Å². The van der Waals surface area contributed by atoms with Crippen LogP contribution in [0.4, 0.5) is 0 Å². The van der Waals surface area contributed by atoms with Crippen LogP contribution in [0.2, 0.25) is 0 Å². The lowest BCUT2D eigenvalue weighted by molar-refractivity contribution is -0.219. The normalized spacial score (nSPS) is 43.8. The van der Waals surface area contributed by atoms with Gasteiger partial charge in [0.25, 0.3) is 0 Å².